The van der Waals surface area contributed by atoms with Crippen LogP contribution in [0.4, 0.5) is 13.2 Å². The van der Waals surface area contributed by atoms with Crippen LogP contribution >= 0.6 is 11.3 Å². The Labute approximate surface area is 187 Å². The van der Waals surface area contributed by atoms with E-state index in [0.717, 1.165) is 0 Å². The SMILES string of the molecule is COC(=O)C1=C(CN2CCCC(F)(F)C2)NC(c2nccs2)=NC1(C)c1ccc(F)cc1. The summed E-state index contributed by atoms with van der Waals surface area (Å²) in [5.41, 5.74) is -0.0561. The fourth-order valence-corrected chi connectivity index (χ4v) is 4.76. The normalized spacial score (nSPS) is 23.5. The van der Waals surface area contributed by atoms with E-state index in [1.807, 2.05) is 0 Å². The summed E-state index contributed by atoms with van der Waals surface area (Å²) in [5.74, 6) is -3.43. The van der Waals surface area contributed by atoms with Crippen molar-refractivity contribution in [2.45, 2.75) is 31.2 Å². The highest BCUT2D eigenvalue weighted by Gasteiger charge is 2.43. The average Bonchev–Trinajstić information content (AvgIpc) is 3.28. The van der Waals surface area contributed by atoms with Crippen LogP contribution in [0.15, 0.2) is 52.1 Å². The number of hydrogen-bond acceptors (Lipinski definition) is 7. The predicted molar refractivity (Wildman–Crippen MR) is 115 cm³/mol. The molecule has 1 N–H and O–H groups in total. The van der Waals surface area contributed by atoms with Crippen molar-refractivity contribution in [3.8, 4) is 0 Å². The van der Waals surface area contributed by atoms with E-state index in [-0.39, 0.29) is 18.5 Å². The Balaban J connectivity index is 1.83. The van der Waals surface area contributed by atoms with Crippen LogP contribution in [0.5, 0.6) is 0 Å². The van der Waals surface area contributed by atoms with Crippen molar-refractivity contribution < 1.29 is 22.7 Å². The molecule has 10 heteroatoms. The average molecular weight is 465 g/mol. The zero-order valence-electron chi connectivity index (χ0n) is 17.7. The number of thiazole rings is 1. The number of alkyl halides is 2. The van der Waals surface area contributed by atoms with Gasteiger partial charge in [-0.05, 0) is 37.6 Å². The first-order chi connectivity index (χ1) is 15.2. The molecule has 170 valence electrons. The molecule has 1 unspecified atom stereocenters. The highest BCUT2D eigenvalue weighted by atomic mass is 32.1. The Kier molecular flexibility index (Phi) is 6.09. The summed E-state index contributed by atoms with van der Waals surface area (Å²) >= 11 is 1.35. The second-order valence-corrected chi connectivity index (χ2v) is 8.91. The molecule has 1 fully saturated rings. The van der Waals surface area contributed by atoms with Crippen molar-refractivity contribution in [2.75, 3.05) is 26.7 Å². The van der Waals surface area contributed by atoms with Crippen LogP contribution in [0.1, 0.15) is 30.3 Å². The number of aliphatic imine (C=N–C) groups is 1. The number of halogens is 3. The molecule has 1 saturated heterocycles. The number of benzene rings is 1. The zero-order chi connectivity index (χ0) is 22.9. The number of esters is 1. The van der Waals surface area contributed by atoms with Gasteiger partial charge < -0.3 is 10.1 Å². The van der Waals surface area contributed by atoms with E-state index in [9.17, 15) is 18.0 Å². The van der Waals surface area contributed by atoms with Crippen molar-refractivity contribution in [2.24, 2.45) is 4.99 Å². The number of hydrogen-bond donors (Lipinski definition) is 1. The van der Waals surface area contributed by atoms with Crippen molar-refractivity contribution >= 4 is 23.1 Å². The summed E-state index contributed by atoms with van der Waals surface area (Å²) in [7, 11) is 1.26. The smallest absolute Gasteiger partial charge is 0.338 e. The summed E-state index contributed by atoms with van der Waals surface area (Å²) in [6.45, 7) is 1.89. The molecule has 2 aliphatic heterocycles. The lowest BCUT2D eigenvalue weighted by Crippen LogP contribution is -2.48. The van der Waals surface area contributed by atoms with Crippen LogP contribution in [0, 0.1) is 5.82 Å². The van der Waals surface area contributed by atoms with Crippen LogP contribution in [0.3, 0.4) is 0 Å². The Morgan fingerprint density at radius 1 is 1.31 bits per heavy atom. The second-order valence-electron chi connectivity index (χ2n) is 8.02. The van der Waals surface area contributed by atoms with Gasteiger partial charge in [0.1, 0.15) is 11.4 Å². The van der Waals surface area contributed by atoms with E-state index < -0.39 is 29.8 Å². The molecule has 0 aliphatic carbocycles. The first-order valence-corrected chi connectivity index (χ1v) is 11.0. The Morgan fingerprint density at radius 2 is 2.06 bits per heavy atom. The van der Waals surface area contributed by atoms with Crippen molar-refractivity contribution in [3.05, 3.63) is 63.5 Å². The van der Waals surface area contributed by atoms with E-state index in [4.69, 9.17) is 9.73 Å². The summed E-state index contributed by atoms with van der Waals surface area (Å²) in [4.78, 5) is 23.7. The number of likely N-dealkylation sites (tertiary alicyclic amines) is 1. The number of carbonyl (C=O) groups is 1. The Bertz CT molecular complexity index is 1050. The molecule has 1 aromatic heterocycles. The maximum Gasteiger partial charge on any atom is 0.338 e. The lowest BCUT2D eigenvalue weighted by molar-refractivity contribution is -0.137. The van der Waals surface area contributed by atoms with Crippen molar-refractivity contribution in [3.63, 3.8) is 0 Å². The standard InChI is InChI=1S/C22H23F3N4O2S/c1-21(14-4-6-15(23)7-5-14)17(20(30)31-2)16(12-29-10-3-8-22(24,25)13-29)27-18(28-21)19-26-9-11-32-19/h4-7,9,11H,3,8,10,12-13H2,1-2H3,(H,27,28). The van der Waals surface area contributed by atoms with E-state index in [0.29, 0.717) is 35.1 Å². The van der Waals surface area contributed by atoms with Gasteiger partial charge in [-0.2, -0.15) is 0 Å². The molecule has 0 bridgehead atoms. The van der Waals surface area contributed by atoms with Crippen LogP contribution in [0.2, 0.25) is 0 Å². The largest absolute Gasteiger partial charge is 0.466 e. The van der Waals surface area contributed by atoms with Gasteiger partial charge in [0.25, 0.3) is 5.92 Å². The third-order valence-electron chi connectivity index (χ3n) is 5.68. The minimum Gasteiger partial charge on any atom is -0.466 e. The van der Waals surface area contributed by atoms with E-state index in [1.54, 1.807) is 35.5 Å². The minimum atomic E-state index is -2.79. The minimum absolute atomic E-state index is 0.0845. The molecule has 0 spiro atoms. The molecule has 1 atom stereocenters. The van der Waals surface area contributed by atoms with Crippen LogP contribution in [-0.2, 0) is 15.1 Å². The number of ether oxygens (including phenoxy) is 1. The first kappa shape index (κ1) is 22.5. The van der Waals surface area contributed by atoms with Gasteiger partial charge >= 0.3 is 5.97 Å². The van der Waals surface area contributed by atoms with Crippen LogP contribution in [0.25, 0.3) is 0 Å². The van der Waals surface area contributed by atoms with Crippen LogP contribution in [-0.4, -0.2) is 54.4 Å². The second kappa shape index (κ2) is 8.67. The molecule has 0 radical (unpaired) electrons. The zero-order valence-corrected chi connectivity index (χ0v) is 18.5. The molecule has 0 saturated carbocycles. The molecule has 3 heterocycles. The fourth-order valence-electron chi connectivity index (χ4n) is 4.18. The summed E-state index contributed by atoms with van der Waals surface area (Å²) in [6, 6.07) is 5.69. The van der Waals surface area contributed by atoms with Crippen molar-refractivity contribution in [1.82, 2.24) is 15.2 Å². The molecule has 32 heavy (non-hydrogen) atoms. The monoisotopic (exact) mass is 464 g/mol. The summed E-state index contributed by atoms with van der Waals surface area (Å²) in [5, 5.41) is 5.53. The Hall–Kier alpha value is -2.72. The number of rotatable bonds is 5. The molecule has 4 rings (SSSR count). The number of nitrogens with one attached hydrogen (secondary N) is 1. The number of nitrogens with zero attached hydrogens (tertiary/aromatic N) is 3. The topological polar surface area (TPSA) is 66.8 Å². The van der Waals surface area contributed by atoms with E-state index >= 15 is 0 Å². The fraction of sp³-hybridized carbons (Fsp3) is 0.409. The van der Waals surface area contributed by atoms with Gasteiger partial charge in [0.2, 0.25) is 0 Å². The third-order valence-corrected chi connectivity index (χ3v) is 6.46. The predicted octanol–water partition coefficient (Wildman–Crippen LogP) is 3.71. The molecular weight excluding hydrogens is 441 g/mol. The van der Waals surface area contributed by atoms with Gasteiger partial charge in [0, 0.05) is 30.2 Å². The number of amidine groups is 1. The number of carbonyl (C=O) groups excluding carboxylic acids is 1. The van der Waals surface area contributed by atoms with Gasteiger partial charge in [0.05, 0.1) is 19.2 Å². The maximum absolute atomic E-state index is 14.0. The van der Waals surface area contributed by atoms with E-state index in [2.05, 4.69) is 10.3 Å². The van der Waals surface area contributed by atoms with Gasteiger partial charge in [-0.3, -0.25) is 4.90 Å². The highest BCUT2D eigenvalue weighted by molar-refractivity contribution is 7.11. The lowest BCUT2D eigenvalue weighted by Gasteiger charge is -2.38. The van der Waals surface area contributed by atoms with Gasteiger partial charge in [-0.25, -0.2) is 27.9 Å². The number of aromatic nitrogens is 1. The first-order valence-electron chi connectivity index (χ1n) is 10.2. The number of piperidine rings is 1. The Morgan fingerprint density at radius 3 is 2.69 bits per heavy atom. The quantitative estimate of drug-likeness (QED) is 0.684. The number of methoxy groups -OCH3 is 1. The van der Waals surface area contributed by atoms with Gasteiger partial charge in [-0.15, -0.1) is 11.3 Å². The van der Waals surface area contributed by atoms with Gasteiger partial charge in [-0.1, -0.05) is 12.1 Å². The van der Waals surface area contributed by atoms with E-state index in [1.165, 1.54) is 30.6 Å². The summed E-state index contributed by atoms with van der Waals surface area (Å²) in [6.07, 6.45) is 1.83. The highest BCUT2D eigenvalue weighted by Crippen LogP contribution is 2.39. The van der Waals surface area contributed by atoms with Crippen molar-refractivity contribution in [1.29, 1.82) is 0 Å². The molecule has 2 aromatic rings. The molecular formula is C22H23F3N4O2S. The lowest BCUT2D eigenvalue weighted by atomic mass is 9.82. The molecule has 6 nitrogen and oxygen atoms in total. The molecule has 0 amide bonds. The molecule has 1 aromatic carbocycles. The summed E-state index contributed by atoms with van der Waals surface area (Å²) < 4.78 is 46.8. The maximum atomic E-state index is 14.0. The van der Waals surface area contributed by atoms with Gasteiger partial charge in [0.15, 0.2) is 10.8 Å². The van der Waals surface area contributed by atoms with Crippen LogP contribution < -0.4 is 5.32 Å². The third kappa shape index (κ3) is 4.42. The molecule has 2 aliphatic rings.